The Bertz CT molecular complexity index is 533. The average Bonchev–Trinajstić information content (AvgIpc) is 2.82. The van der Waals surface area contributed by atoms with Gasteiger partial charge < -0.3 is 16.0 Å². The van der Waals surface area contributed by atoms with Gasteiger partial charge in [-0.05, 0) is 38.0 Å². The molecule has 0 radical (unpaired) electrons. The van der Waals surface area contributed by atoms with Crippen molar-refractivity contribution in [3.63, 3.8) is 0 Å². The first-order valence-electron chi connectivity index (χ1n) is 6.61. The number of amides is 2. The summed E-state index contributed by atoms with van der Waals surface area (Å²) in [7, 11) is 0. The molecule has 0 bridgehead atoms. The summed E-state index contributed by atoms with van der Waals surface area (Å²) in [4.78, 5) is 25.8. The summed E-state index contributed by atoms with van der Waals surface area (Å²) in [6.07, 6.45) is 2.04. The summed E-state index contributed by atoms with van der Waals surface area (Å²) < 4.78 is 0. The van der Waals surface area contributed by atoms with Crippen LogP contribution in [0.1, 0.15) is 30.1 Å². The molecule has 0 aromatic heterocycles. The Labute approximate surface area is 123 Å². The van der Waals surface area contributed by atoms with E-state index < -0.39 is 0 Å². The largest absolute Gasteiger partial charge is 0.399 e. The molecule has 0 saturated carbocycles. The number of rotatable bonds is 3. The van der Waals surface area contributed by atoms with E-state index >= 15 is 0 Å². The van der Waals surface area contributed by atoms with Gasteiger partial charge in [-0.25, -0.2) is 0 Å². The Balaban J connectivity index is 1.93. The Morgan fingerprint density at radius 1 is 1.50 bits per heavy atom. The van der Waals surface area contributed by atoms with Gasteiger partial charge in [0.1, 0.15) is 0 Å². The molecule has 0 spiro atoms. The van der Waals surface area contributed by atoms with Crippen molar-refractivity contribution in [1.82, 2.24) is 10.2 Å². The first kappa shape index (κ1) is 14.7. The smallest absolute Gasteiger partial charge is 0.253 e. The average molecular weight is 296 g/mol. The molecule has 1 aliphatic rings. The maximum atomic E-state index is 12.0. The van der Waals surface area contributed by atoms with Crippen molar-refractivity contribution < 1.29 is 9.59 Å². The molecule has 1 saturated heterocycles. The first-order valence-corrected chi connectivity index (χ1v) is 6.99. The van der Waals surface area contributed by atoms with Gasteiger partial charge in [0.2, 0.25) is 5.91 Å². The van der Waals surface area contributed by atoms with Crippen molar-refractivity contribution in [1.29, 1.82) is 0 Å². The van der Waals surface area contributed by atoms with E-state index in [0.29, 0.717) is 11.3 Å². The third-order valence-electron chi connectivity index (χ3n) is 3.51. The third kappa shape index (κ3) is 3.22. The van der Waals surface area contributed by atoms with Crippen molar-refractivity contribution >= 4 is 29.1 Å². The summed E-state index contributed by atoms with van der Waals surface area (Å²) in [6, 6.07) is 4.92. The van der Waals surface area contributed by atoms with Gasteiger partial charge in [-0.1, -0.05) is 11.6 Å². The number of carbonyl (C=O) groups excluding carboxylic acids is 2. The molecular formula is C14H18ClN3O2. The summed E-state index contributed by atoms with van der Waals surface area (Å²) in [5.41, 5.74) is 6.39. The van der Waals surface area contributed by atoms with Crippen LogP contribution in [0, 0.1) is 0 Å². The van der Waals surface area contributed by atoms with E-state index in [-0.39, 0.29) is 29.4 Å². The molecule has 1 atom stereocenters. The molecule has 1 aromatic carbocycles. The number of nitrogen functional groups attached to an aromatic ring is 1. The number of nitrogens with two attached hydrogens (primary N) is 1. The van der Waals surface area contributed by atoms with Crippen LogP contribution in [0.4, 0.5) is 5.69 Å². The molecule has 2 amide bonds. The first-order chi connectivity index (χ1) is 9.49. The highest BCUT2D eigenvalue weighted by Crippen LogP contribution is 2.19. The van der Waals surface area contributed by atoms with Crippen molar-refractivity contribution in [2.24, 2.45) is 0 Å². The second kappa shape index (κ2) is 6.13. The van der Waals surface area contributed by atoms with Gasteiger partial charge in [-0.2, -0.15) is 0 Å². The minimum atomic E-state index is -0.366. The van der Waals surface area contributed by atoms with Gasteiger partial charge in [-0.3, -0.25) is 9.59 Å². The number of hydrogen-bond donors (Lipinski definition) is 2. The van der Waals surface area contributed by atoms with Crippen LogP contribution in [-0.4, -0.2) is 35.8 Å². The lowest BCUT2D eigenvalue weighted by atomic mass is 10.2. The zero-order valence-electron chi connectivity index (χ0n) is 11.4. The van der Waals surface area contributed by atoms with E-state index in [1.807, 2.05) is 6.92 Å². The highest BCUT2D eigenvalue weighted by atomic mass is 35.5. The molecule has 1 heterocycles. The number of nitrogens with one attached hydrogen (secondary N) is 1. The topological polar surface area (TPSA) is 75.4 Å². The van der Waals surface area contributed by atoms with Crippen LogP contribution in [-0.2, 0) is 4.79 Å². The highest BCUT2D eigenvalue weighted by molar-refractivity contribution is 6.34. The van der Waals surface area contributed by atoms with Crippen LogP contribution in [0.5, 0.6) is 0 Å². The van der Waals surface area contributed by atoms with Gasteiger partial charge in [0.15, 0.2) is 0 Å². The summed E-state index contributed by atoms with van der Waals surface area (Å²) in [6.45, 7) is 2.77. The number of hydrogen-bond acceptors (Lipinski definition) is 3. The number of benzene rings is 1. The van der Waals surface area contributed by atoms with Gasteiger partial charge in [0, 0.05) is 18.3 Å². The van der Waals surface area contributed by atoms with Gasteiger partial charge in [-0.15, -0.1) is 0 Å². The van der Waals surface area contributed by atoms with E-state index in [1.165, 1.54) is 6.07 Å². The molecule has 1 fully saturated rings. The van der Waals surface area contributed by atoms with E-state index in [4.69, 9.17) is 17.3 Å². The Morgan fingerprint density at radius 2 is 2.25 bits per heavy atom. The third-order valence-corrected chi connectivity index (χ3v) is 3.82. The fourth-order valence-corrected chi connectivity index (χ4v) is 2.65. The predicted molar refractivity (Wildman–Crippen MR) is 78.6 cm³/mol. The standard InChI is InChI=1S/C14H18ClN3O2/c1-9-3-2-6-18(9)13(19)8-17-14(20)11-5-4-10(16)7-12(11)15/h4-5,7,9H,2-3,6,8,16H2,1H3,(H,17,20). The van der Waals surface area contributed by atoms with Crippen LogP contribution in [0.25, 0.3) is 0 Å². The lowest BCUT2D eigenvalue weighted by Crippen LogP contribution is -2.41. The maximum Gasteiger partial charge on any atom is 0.253 e. The van der Waals surface area contributed by atoms with Crippen LogP contribution in [0.2, 0.25) is 5.02 Å². The quantitative estimate of drug-likeness (QED) is 0.833. The minimum absolute atomic E-state index is 0.0100. The second-order valence-corrected chi connectivity index (χ2v) is 5.41. The Morgan fingerprint density at radius 3 is 2.85 bits per heavy atom. The zero-order chi connectivity index (χ0) is 14.7. The second-order valence-electron chi connectivity index (χ2n) is 5.00. The summed E-state index contributed by atoms with van der Waals surface area (Å²) in [5.74, 6) is -0.426. The van der Waals surface area contributed by atoms with Crippen molar-refractivity contribution in [3.05, 3.63) is 28.8 Å². The highest BCUT2D eigenvalue weighted by Gasteiger charge is 2.25. The molecule has 2 rings (SSSR count). The molecule has 108 valence electrons. The molecule has 0 aliphatic carbocycles. The number of anilines is 1. The van der Waals surface area contributed by atoms with Crippen LogP contribution in [0.15, 0.2) is 18.2 Å². The summed E-state index contributed by atoms with van der Waals surface area (Å²) >= 11 is 5.95. The lowest BCUT2D eigenvalue weighted by Gasteiger charge is -2.21. The molecule has 20 heavy (non-hydrogen) atoms. The molecule has 3 N–H and O–H groups in total. The van der Waals surface area contributed by atoms with E-state index in [9.17, 15) is 9.59 Å². The molecule has 5 nitrogen and oxygen atoms in total. The Hall–Kier alpha value is -1.75. The van der Waals surface area contributed by atoms with Crippen LogP contribution in [0.3, 0.4) is 0 Å². The fraction of sp³-hybridized carbons (Fsp3) is 0.429. The number of nitrogens with zero attached hydrogens (tertiary/aromatic N) is 1. The molecule has 1 aromatic rings. The predicted octanol–water partition coefficient (Wildman–Crippen LogP) is 1.66. The van der Waals surface area contributed by atoms with Gasteiger partial charge in [0.25, 0.3) is 5.91 Å². The molecule has 1 unspecified atom stereocenters. The normalized spacial score (nSPS) is 18.1. The lowest BCUT2D eigenvalue weighted by molar-refractivity contribution is -0.130. The maximum absolute atomic E-state index is 12.0. The van der Waals surface area contributed by atoms with Gasteiger partial charge in [0.05, 0.1) is 17.1 Å². The van der Waals surface area contributed by atoms with Crippen molar-refractivity contribution in [3.8, 4) is 0 Å². The van der Waals surface area contributed by atoms with Crippen LogP contribution < -0.4 is 11.1 Å². The number of likely N-dealkylation sites (tertiary alicyclic amines) is 1. The SMILES string of the molecule is CC1CCCN1C(=O)CNC(=O)c1ccc(N)cc1Cl. The Kier molecular flexibility index (Phi) is 4.49. The van der Waals surface area contributed by atoms with Crippen molar-refractivity contribution in [2.45, 2.75) is 25.8 Å². The summed E-state index contributed by atoms with van der Waals surface area (Å²) in [5, 5.41) is 2.88. The van der Waals surface area contributed by atoms with E-state index in [1.54, 1.807) is 17.0 Å². The number of halogens is 1. The molecule has 1 aliphatic heterocycles. The van der Waals surface area contributed by atoms with Crippen LogP contribution >= 0.6 is 11.6 Å². The fourth-order valence-electron chi connectivity index (χ4n) is 2.37. The molecule has 6 heteroatoms. The van der Waals surface area contributed by atoms with E-state index in [0.717, 1.165) is 19.4 Å². The molecular weight excluding hydrogens is 278 g/mol. The minimum Gasteiger partial charge on any atom is -0.399 e. The van der Waals surface area contributed by atoms with Gasteiger partial charge >= 0.3 is 0 Å². The zero-order valence-corrected chi connectivity index (χ0v) is 12.1. The monoisotopic (exact) mass is 295 g/mol. The van der Waals surface area contributed by atoms with E-state index in [2.05, 4.69) is 5.32 Å². The van der Waals surface area contributed by atoms with Crippen molar-refractivity contribution in [2.75, 3.05) is 18.8 Å². The number of carbonyl (C=O) groups is 2.